The average Bonchev–Trinajstić information content (AvgIpc) is 3.33. The van der Waals surface area contributed by atoms with E-state index in [-0.39, 0.29) is 11.8 Å². The molecule has 8 nitrogen and oxygen atoms in total. The third kappa shape index (κ3) is 3.11. The van der Waals surface area contributed by atoms with Gasteiger partial charge in [0, 0.05) is 25.9 Å². The minimum absolute atomic E-state index is 0.307. The summed E-state index contributed by atoms with van der Waals surface area (Å²) in [6, 6.07) is 14.7. The van der Waals surface area contributed by atoms with Crippen LogP contribution >= 0.6 is 0 Å². The monoisotopic (exact) mass is 374 g/mol. The highest BCUT2D eigenvalue weighted by Crippen LogP contribution is 2.26. The molecule has 0 radical (unpaired) electrons. The van der Waals surface area contributed by atoms with Gasteiger partial charge in [-0.05, 0) is 18.2 Å². The van der Waals surface area contributed by atoms with Crippen molar-refractivity contribution in [3.8, 4) is 11.4 Å². The lowest BCUT2D eigenvalue weighted by atomic mass is 10.1. The molecule has 2 aromatic carbocycles. The predicted molar refractivity (Wildman–Crippen MR) is 106 cm³/mol. The van der Waals surface area contributed by atoms with E-state index in [0.717, 1.165) is 5.56 Å². The molecule has 0 aliphatic carbocycles. The Balaban J connectivity index is 1.78. The summed E-state index contributed by atoms with van der Waals surface area (Å²) in [5.41, 5.74) is 3.39. The molecule has 28 heavy (non-hydrogen) atoms. The first-order valence-corrected chi connectivity index (χ1v) is 8.67. The van der Waals surface area contributed by atoms with Crippen molar-refractivity contribution in [3.63, 3.8) is 0 Å². The molecule has 8 heteroatoms. The van der Waals surface area contributed by atoms with Crippen LogP contribution in [0.2, 0.25) is 0 Å². The molecule has 0 fully saturated rings. The van der Waals surface area contributed by atoms with Crippen molar-refractivity contribution in [2.24, 2.45) is 7.05 Å². The maximum atomic E-state index is 12.6. The number of nitrogens with zero attached hydrogens (tertiary/aromatic N) is 3. The number of carbonyl (C=O) groups is 2. The average molecular weight is 374 g/mol. The molecule has 2 amide bonds. The summed E-state index contributed by atoms with van der Waals surface area (Å²) in [4.78, 5) is 32.8. The highest BCUT2D eigenvalue weighted by atomic mass is 16.2. The molecule has 4 rings (SSSR count). The zero-order chi connectivity index (χ0) is 19.7. The quantitative estimate of drug-likeness (QED) is 0.511. The molecule has 0 bridgehead atoms. The number of anilines is 1. The lowest BCUT2D eigenvalue weighted by Crippen LogP contribution is -2.22. The zero-order valence-electron chi connectivity index (χ0n) is 15.4. The van der Waals surface area contributed by atoms with Crippen LogP contribution in [0.5, 0.6) is 0 Å². The number of imidazole rings is 1. The Hall–Kier alpha value is -3.94. The predicted octanol–water partition coefficient (Wildman–Crippen LogP) is 2.58. The second-order valence-electron chi connectivity index (χ2n) is 6.24. The fourth-order valence-electron chi connectivity index (χ4n) is 3.00. The molecular weight excluding hydrogens is 356 g/mol. The number of hydrogen-bond donors (Lipinski definition) is 3. The molecular formula is C20H18N6O2. The molecule has 0 spiro atoms. The molecule has 2 heterocycles. The summed E-state index contributed by atoms with van der Waals surface area (Å²) in [7, 11) is 3.22. The normalized spacial score (nSPS) is 10.8. The maximum absolute atomic E-state index is 12.6. The third-order valence-corrected chi connectivity index (χ3v) is 4.44. The molecule has 4 aromatic rings. The Morgan fingerprint density at radius 3 is 2.54 bits per heavy atom. The third-order valence-electron chi connectivity index (χ3n) is 4.44. The smallest absolute Gasteiger partial charge is 0.273 e. The standard InChI is InChI=1S/C20H18N6O2/c1-21-19(27)13-10-15-16(24-18(23-15)12-6-4-3-5-7-12)11-14(13)25-20(28)17-8-9-22-26(17)2/h3-11H,1-2H3,(H,21,27)(H,23,24)(H,25,28). The Bertz CT molecular complexity index is 1180. The number of nitrogens with one attached hydrogen (secondary N) is 3. The molecule has 0 saturated heterocycles. The number of H-pyrrole nitrogens is 1. The second kappa shape index (κ2) is 6.99. The first kappa shape index (κ1) is 17.5. The van der Waals surface area contributed by atoms with Crippen LogP contribution in [0.15, 0.2) is 54.7 Å². The van der Waals surface area contributed by atoms with E-state index in [9.17, 15) is 9.59 Å². The van der Waals surface area contributed by atoms with E-state index in [1.165, 1.54) is 10.9 Å². The van der Waals surface area contributed by atoms with Crippen molar-refractivity contribution in [1.82, 2.24) is 25.1 Å². The van der Waals surface area contributed by atoms with E-state index in [0.29, 0.717) is 33.8 Å². The Morgan fingerprint density at radius 1 is 1.07 bits per heavy atom. The lowest BCUT2D eigenvalue weighted by molar-refractivity contribution is 0.0964. The molecule has 0 saturated carbocycles. The molecule has 0 atom stereocenters. The fourth-order valence-corrected chi connectivity index (χ4v) is 3.00. The van der Waals surface area contributed by atoms with Crippen molar-refractivity contribution in [1.29, 1.82) is 0 Å². The van der Waals surface area contributed by atoms with Crippen LogP contribution in [-0.4, -0.2) is 38.6 Å². The van der Waals surface area contributed by atoms with Gasteiger partial charge in [-0.1, -0.05) is 30.3 Å². The van der Waals surface area contributed by atoms with E-state index < -0.39 is 0 Å². The van der Waals surface area contributed by atoms with Crippen LogP contribution in [0.1, 0.15) is 20.8 Å². The van der Waals surface area contributed by atoms with Gasteiger partial charge in [0.25, 0.3) is 11.8 Å². The Kier molecular flexibility index (Phi) is 4.36. The number of aromatic nitrogens is 4. The number of aromatic amines is 1. The summed E-state index contributed by atoms with van der Waals surface area (Å²) in [6.07, 6.45) is 1.54. The molecule has 0 aliphatic heterocycles. The van der Waals surface area contributed by atoms with E-state index in [1.807, 2.05) is 30.3 Å². The SMILES string of the molecule is CNC(=O)c1cc2[nH]c(-c3ccccc3)nc2cc1NC(=O)c1ccnn1C. The van der Waals surface area contributed by atoms with Gasteiger partial charge in [0.05, 0.1) is 22.3 Å². The van der Waals surface area contributed by atoms with Gasteiger partial charge in [-0.2, -0.15) is 5.10 Å². The Labute approximate surface area is 160 Å². The van der Waals surface area contributed by atoms with E-state index >= 15 is 0 Å². The van der Waals surface area contributed by atoms with Crippen LogP contribution in [0.3, 0.4) is 0 Å². The first-order chi connectivity index (χ1) is 13.6. The van der Waals surface area contributed by atoms with Gasteiger partial charge in [-0.15, -0.1) is 0 Å². The van der Waals surface area contributed by atoms with Crippen LogP contribution in [0.25, 0.3) is 22.4 Å². The number of fused-ring (bicyclic) bond motifs is 1. The Morgan fingerprint density at radius 2 is 1.86 bits per heavy atom. The van der Waals surface area contributed by atoms with Crippen LogP contribution in [0, 0.1) is 0 Å². The fraction of sp³-hybridized carbons (Fsp3) is 0.100. The summed E-state index contributed by atoms with van der Waals surface area (Å²) in [5.74, 6) is 0.0231. The van der Waals surface area contributed by atoms with Crippen molar-refractivity contribution in [3.05, 3.63) is 66.0 Å². The number of benzene rings is 2. The highest BCUT2D eigenvalue weighted by Gasteiger charge is 2.18. The lowest BCUT2D eigenvalue weighted by Gasteiger charge is -2.10. The minimum atomic E-state index is -0.358. The summed E-state index contributed by atoms with van der Waals surface area (Å²) in [5, 5.41) is 9.40. The zero-order valence-corrected chi connectivity index (χ0v) is 15.4. The van der Waals surface area contributed by atoms with Gasteiger partial charge in [-0.25, -0.2) is 4.98 Å². The highest BCUT2D eigenvalue weighted by molar-refractivity contribution is 6.10. The number of hydrogen-bond acceptors (Lipinski definition) is 4. The first-order valence-electron chi connectivity index (χ1n) is 8.67. The van der Waals surface area contributed by atoms with Crippen LogP contribution in [-0.2, 0) is 7.05 Å². The number of aryl methyl sites for hydroxylation is 1. The van der Waals surface area contributed by atoms with E-state index in [1.54, 1.807) is 32.3 Å². The molecule has 140 valence electrons. The molecule has 3 N–H and O–H groups in total. The van der Waals surface area contributed by atoms with Gasteiger partial charge in [0.1, 0.15) is 11.5 Å². The molecule has 2 aromatic heterocycles. The van der Waals surface area contributed by atoms with Gasteiger partial charge in [0.15, 0.2) is 0 Å². The number of carbonyl (C=O) groups excluding carboxylic acids is 2. The van der Waals surface area contributed by atoms with Gasteiger partial charge < -0.3 is 15.6 Å². The van der Waals surface area contributed by atoms with Gasteiger partial charge >= 0.3 is 0 Å². The second-order valence-corrected chi connectivity index (χ2v) is 6.24. The number of rotatable bonds is 4. The van der Waals surface area contributed by atoms with Crippen molar-refractivity contribution in [2.45, 2.75) is 0 Å². The summed E-state index contributed by atoms with van der Waals surface area (Å²) >= 11 is 0. The number of amides is 2. The van der Waals surface area contributed by atoms with Crippen molar-refractivity contribution < 1.29 is 9.59 Å². The minimum Gasteiger partial charge on any atom is -0.355 e. The summed E-state index contributed by atoms with van der Waals surface area (Å²) < 4.78 is 1.47. The van der Waals surface area contributed by atoms with E-state index in [4.69, 9.17) is 0 Å². The summed E-state index contributed by atoms with van der Waals surface area (Å²) in [6.45, 7) is 0. The van der Waals surface area contributed by atoms with Crippen LogP contribution in [0.4, 0.5) is 5.69 Å². The topological polar surface area (TPSA) is 105 Å². The van der Waals surface area contributed by atoms with Crippen molar-refractivity contribution in [2.75, 3.05) is 12.4 Å². The molecule has 0 unspecified atom stereocenters. The largest absolute Gasteiger partial charge is 0.355 e. The molecule has 0 aliphatic rings. The van der Waals surface area contributed by atoms with E-state index in [2.05, 4.69) is 25.7 Å². The van der Waals surface area contributed by atoms with Gasteiger partial charge in [0.2, 0.25) is 0 Å². The van der Waals surface area contributed by atoms with Crippen molar-refractivity contribution >= 4 is 28.5 Å². The van der Waals surface area contributed by atoms with Crippen LogP contribution < -0.4 is 10.6 Å². The maximum Gasteiger partial charge on any atom is 0.273 e. The van der Waals surface area contributed by atoms with Gasteiger partial charge in [-0.3, -0.25) is 14.3 Å².